The van der Waals surface area contributed by atoms with Crippen molar-refractivity contribution in [1.82, 2.24) is 20.0 Å². The average molecular weight is 424 g/mol. The molecule has 2 N–H and O–H groups in total. The van der Waals surface area contributed by atoms with Gasteiger partial charge in [0.2, 0.25) is 5.91 Å². The van der Waals surface area contributed by atoms with Crippen LogP contribution in [0.4, 0.5) is 5.82 Å². The van der Waals surface area contributed by atoms with Crippen LogP contribution in [-0.4, -0.2) is 52.2 Å². The zero-order valence-electron chi connectivity index (χ0n) is 16.7. The van der Waals surface area contributed by atoms with Crippen LogP contribution < -0.4 is 10.6 Å². The second-order valence-electron chi connectivity index (χ2n) is 7.39. The fourth-order valence-electron chi connectivity index (χ4n) is 3.59. The van der Waals surface area contributed by atoms with Crippen molar-refractivity contribution >= 4 is 29.0 Å². The molecular weight excluding hydrogens is 398 g/mol. The standard InChI is InChI=1S/C22H25N5O2S/c28-21(25-20-8-11-23-27(20)15-19-7-4-14-30-19)16-26-12-9-18(10-13-26)24-22(29)17-5-2-1-3-6-17/h1-8,11,14,18H,9-10,12-13,15-16H2,(H,24,29)(H,25,28). The summed E-state index contributed by atoms with van der Waals surface area (Å²) in [5.41, 5.74) is 0.679. The smallest absolute Gasteiger partial charge is 0.251 e. The number of hydrogen-bond acceptors (Lipinski definition) is 5. The third-order valence-corrected chi connectivity index (χ3v) is 6.06. The lowest BCUT2D eigenvalue weighted by Gasteiger charge is -2.31. The van der Waals surface area contributed by atoms with Gasteiger partial charge >= 0.3 is 0 Å². The Bertz CT molecular complexity index is 963. The highest BCUT2D eigenvalue weighted by Crippen LogP contribution is 2.15. The van der Waals surface area contributed by atoms with Crippen LogP contribution in [0.25, 0.3) is 0 Å². The van der Waals surface area contributed by atoms with Crippen molar-refractivity contribution in [3.63, 3.8) is 0 Å². The molecule has 0 radical (unpaired) electrons. The van der Waals surface area contributed by atoms with E-state index in [0.717, 1.165) is 25.9 Å². The molecule has 30 heavy (non-hydrogen) atoms. The van der Waals surface area contributed by atoms with Crippen molar-refractivity contribution in [2.45, 2.75) is 25.4 Å². The van der Waals surface area contributed by atoms with E-state index in [1.165, 1.54) is 4.88 Å². The van der Waals surface area contributed by atoms with E-state index in [0.29, 0.717) is 24.5 Å². The SMILES string of the molecule is O=C(CN1CCC(NC(=O)c2ccccc2)CC1)Nc1ccnn1Cc1cccs1. The highest BCUT2D eigenvalue weighted by atomic mass is 32.1. The normalized spacial score (nSPS) is 15.1. The fraction of sp³-hybridized carbons (Fsp3) is 0.318. The maximum absolute atomic E-state index is 12.5. The molecule has 1 saturated heterocycles. The number of nitrogens with one attached hydrogen (secondary N) is 2. The lowest BCUT2D eigenvalue weighted by molar-refractivity contribution is -0.117. The third-order valence-electron chi connectivity index (χ3n) is 5.20. The van der Waals surface area contributed by atoms with Crippen LogP contribution in [0.3, 0.4) is 0 Å². The van der Waals surface area contributed by atoms with E-state index >= 15 is 0 Å². The average Bonchev–Trinajstić information content (AvgIpc) is 3.43. The van der Waals surface area contributed by atoms with Crippen molar-refractivity contribution in [1.29, 1.82) is 0 Å². The van der Waals surface area contributed by atoms with Gasteiger partial charge in [-0.3, -0.25) is 14.5 Å². The predicted molar refractivity (Wildman–Crippen MR) is 118 cm³/mol. The van der Waals surface area contributed by atoms with Crippen molar-refractivity contribution in [2.24, 2.45) is 0 Å². The summed E-state index contributed by atoms with van der Waals surface area (Å²) in [6, 6.07) is 15.3. The topological polar surface area (TPSA) is 79.3 Å². The second-order valence-corrected chi connectivity index (χ2v) is 8.42. The molecule has 1 aliphatic heterocycles. The minimum absolute atomic E-state index is 0.0363. The van der Waals surface area contributed by atoms with Gasteiger partial charge in [0.25, 0.3) is 5.91 Å². The zero-order chi connectivity index (χ0) is 20.8. The summed E-state index contributed by atoms with van der Waals surface area (Å²) < 4.78 is 1.80. The van der Waals surface area contributed by atoms with Crippen LogP contribution in [-0.2, 0) is 11.3 Å². The maximum Gasteiger partial charge on any atom is 0.251 e. The number of aromatic nitrogens is 2. The number of benzene rings is 1. The molecule has 1 fully saturated rings. The van der Waals surface area contributed by atoms with Gasteiger partial charge in [-0.1, -0.05) is 24.3 Å². The molecule has 8 heteroatoms. The minimum atomic E-state index is -0.0466. The van der Waals surface area contributed by atoms with Crippen molar-refractivity contribution in [3.8, 4) is 0 Å². The molecule has 156 valence electrons. The number of hydrogen-bond donors (Lipinski definition) is 2. The van der Waals surface area contributed by atoms with Gasteiger partial charge in [0.15, 0.2) is 0 Å². The molecule has 2 amide bonds. The number of nitrogens with zero attached hydrogens (tertiary/aromatic N) is 3. The van der Waals surface area contributed by atoms with Crippen LogP contribution in [0, 0.1) is 0 Å². The minimum Gasteiger partial charge on any atom is -0.349 e. The molecule has 3 heterocycles. The molecule has 1 aromatic carbocycles. The molecule has 1 aliphatic rings. The first-order valence-electron chi connectivity index (χ1n) is 10.1. The number of rotatable bonds is 7. The summed E-state index contributed by atoms with van der Waals surface area (Å²) in [5, 5.41) is 12.4. The Kier molecular flexibility index (Phi) is 6.56. The Hall–Kier alpha value is -2.97. The number of likely N-dealkylation sites (tertiary alicyclic amines) is 1. The van der Waals surface area contributed by atoms with Gasteiger partial charge in [0, 0.05) is 35.6 Å². The van der Waals surface area contributed by atoms with E-state index in [1.54, 1.807) is 22.2 Å². The van der Waals surface area contributed by atoms with Gasteiger partial charge in [-0.15, -0.1) is 11.3 Å². The lowest BCUT2D eigenvalue weighted by Crippen LogP contribution is -2.46. The molecule has 0 bridgehead atoms. The number of carbonyl (C=O) groups excluding carboxylic acids is 2. The highest BCUT2D eigenvalue weighted by molar-refractivity contribution is 7.09. The fourth-order valence-corrected chi connectivity index (χ4v) is 4.28. The Balaban J connectivity index is 1.22. The number of piperidine rings is 1. The summed E-state index contributed by atoms with van der Waals surface area (Å²) in [6.07, 6.45) is 3.37. The first kappa shape index (κ1) is 20.3. The lowest BCUT2D eigenvalue weighted by atomic mass is 10.0. The molecule has 0 atom stereocenters. The maximum atomic E-state index is 12.5. The first-order valence-corrected chi connectivity index (χ1v) is 11.0. The molecule has 0 spiro atoms. The van der Waals surface area contributed by atoms with Gasteiger partial charge < -0.3 is 10.6 Å². The van der Waals surface area contributed by atoms with Gasteiger partial charge in [-0.25, -0.2) is 4.68 Å². The Morgan fingerprint density at radius 1 is 1.07 bits per heavy atom. The number of amides is 2. The van der Waals surface area contributed by atoms with E-state index in [1.807, 2.05) is 47.8 Å². The first-order chi connectivity index (χ1) is 14.7. The van der Waals surface area contributed by atoms with Crippen LogP contribution in [0.5, 0.6) is 0 Å². The van der Waals surface area contributed by atoms with E-state index < -0.39 is 0 Å². The molecule has 0 saturated carbocycles. The highest BCUT2D eigenvalue weighted by Gasteiger charge is 2.22. The quantitative estimate of drug-likeness (QED) is 0.613. The number of anilines is 1. The summed E-state index contributed by atoms with van der Waals surface area (Å²) in [5.74, 6) is 0.624. The van der Waals surface area contributed by atoms with Crippen LogP contribution in [0.1, 0.15) is 28.1 Å². The van der Waals surface area contributed by atoms with E-state index in [2.05, 4.69) is 26.7 Å². The summed E-state index contributed by atoms with van der Waals surface area (Å²) in [7, 11) is 0. The predicted octanol–water partition coefficient (Wildman–Crippen LogP) is 2.83. The largest absolute Gasteiger partial charge is 0.349 e. The molecule has 2 aromatic heterocycles. The molecule has 4 rings (SSSR count). The Morgan fingerprint density at radius 3 is 2.60 bits per heavy atom. The number of carbonyl (C=O) groups is 2. The molecular formula is C22H25N5O2S. The van der Waals surface area contributed by atoms with E-state index in [4.69, 9.17) is 0 Å². The second kappa shape index (κ2) is 9.69. The van der Waals surface area contributed by atoms with E-state index in [-0.39, 0.29) is 17.9 Å². The molecule has 7 nitrogen and oxygen atoms in total. The van der Waals surface area contributed by atoms with Gasteiger partial charge in [-0.2, -0.15) is 5.10 Å². The monoisotopic (exact) mass is 423 g/mol. The van der Waals surface area contributed by atoms with Gasteiger partial charge in [-0.05, 0) is 36.4 Å². The molecule has 0 aliphatic carbocycles. The summed E-state index contributed by atoms with van der Waals surface area (Å²) >= 11 is 1.67. The van der Waals surface area contributed by atoms with Gasteiger partial charge in [0.1, 0.15) is 5.82 Å². The van der Waals surface area contributed by atoms with Crippen LogP contribution in [0.2, 0.25) is 0 Å². The molecule has 3 aromatic rings. The molecule has 0 unspecified atom stereocenters. The third kappa shape index (κ3) is 5.34. The van der Waals surface area contributed by atoms with Crippen molar-refractivity contribution in [2.75, 3.05) is 25.0 Å². The Labute approximate surface area is 179 Å². The van der Waals surface area contributed by atoms with Crippen molar-refractivity contribution in [3.05, 3.63) is 70.5 Å². The summed E-state index contributed by atoms with van der Waals surface area (Å²) in [6.45, 7) is 2.54. The summed E-state index contributed by atoms with van der Waals surface area (Å²) in [4.78, 5) is 28.1. The van der Waals surface area contributed by atoms with Crippen LogP contribution in [0.15, 0.2) is 60.1 Å². The van der Waals surface area contributed by atoms with Crippen molar-refractivity contribution < 1.29 is 9.59 Å². The van der Waals surface area contributed by atoms with E-state index in [9.17, 15) is 9.59 Å². The van der Waals surface area contributed by atoms with Gasteiger partial charge in [0.05, 0.1) is 19.3 Å². The number of thiophene rings is 1. The van der Waals surface area contributed by atoms with Crippen LogP contribution >= 0.6 is 11.3 Å². The zero-order valence-corrected chi connectivity index (χ0v) is 17.5. The Morgan fingerprint density at radius 2 is 1.87 bits per heavy atom.